The van der Waals surface area contributed by atoms with Crippen LogP contribution in [0, 0.1) is 0 Å². The molecule has 0 saturated heterocycles. The van der Waals surface area contributed by atoms with E-state index in [9.17, 15) is 4.79 Å². The van der Waals surface area contributed by atoms with Gasteiger partial charge in [0.25, 0.3) is 0 Å². The van der Waals surface area contributed by atoms with Gasteiger partial charge in [-0.3, -0.25) is 4.84 Å². The van der Waals surface area contributed by atoms with Crippen LogP contribution in [0.1, 0.15) is 0 Å². The van der Waals surface area contributed by atoms with Gasteiger partial charge in [0, 0.05) is 5.38 Å². The molecule has 2 N–H and O–H groups in total. The number of anilines is 1. The fourth-order valence-corrected chi connectivity index (χ4v) is 1.25. The lowest BCUT2D eigenvalue weighted by Gasteiger charge is -1.98. The molecule has 1 heterocycles. The standard InChI is InChI=1S/C5H5ClN2O3S/c6-3-2-12-5(7-3)8-11-1-4(9)10/h2H,1H2,(H,7,8)(H,9,10). The van der Waals surface area contributed by atoms with E-state index in [-0.39, 0.29) is 0 Å². The number of aliphatic carboxylic acids is 1. The first-order valence-corrected chi connectivity index (χ1v) is 4.15. The Hall–Kier alpha value is -0.850. The van der Waals surface area contributed by atoms with Crippen LogP contribution in [0.5, 0.6) is 0 Å². The van der Waals surface area contributed by atoms with Crippen molar-refractivity contribution in [1.82, 2.24) is 4.98 Å². The summed E-state index contributed by atoms with van der Waals surface area (Å²) in [5.74, 6) is -1.05. The molecule has 5 nitrogen and oxygen atoms in total. The lowest BCUT2D eigenvalue weighted by molar-refractivity contribution is -0.141. The highest BCUT2D eigenvalue weighted by molar-refractivity contribution is 7.14. The van der Waals surface area contributed by atoms with Gasteiger partial charge < -0.3 is 5.11 Å². The fourth-order valence-electron chi connectivity index (χ4n) is 0.461. The van der Waals surface area contributed by atoms with Crippen LogP contribution < -0.4 is 5.48 Å². The van der Waals surface area contributed by atoms with Gasteiger partial charge >= 0.3 is 5.97 Å². The molecule has 0 saturated carbocycles. The number of carboxylic acid groups (broad SMARTS) is 1. The average Bonchev–Trinajstić information content (AvgIpc) is 2.35. The number of hydrogen-bond acceptors (Lipinski definition) is 5. The molecule has 0 aliphatic carbocycles. The third kappa shape index (κ3) is 3.04. The van der Waals surface area contributed by atoms with E-state index in [1.165, 1.54) is 11.3 Å². The number of aromatic nitrogens is 1. The SMILES string of the molecule is O=C(O)CONc1nc(Cl)cs1. The summed E-state index contributed by atoms with van der Waals surface area (Å²) in [6.07, 6.45) is 0. The summed E-state index contributed by atoms with van der Waals surface area (Å²) in [6.45, 7) is -0.419. The summed E-state index contributed by atoms with van der Waals surface area (Å²) in [5, 5.41) is 10.6. The third-order valence-electron chi connectivity index (χ3n) is 0.831. The van der Waals surface area contributed by atoms with E-state index in [2.05, 4.69) is 15.3 Å². The lowest BCUT2D eigenvalue weighted by atomic mass is 10.8. The molecular weight excluding hydrogens is 204 g/mol. The van der Waals surface area contributed by atoms with Gasteiger partial charge in [-0.25, -0.2) is 15.3 Å². The van der Waals surface area contributed by atoms with Crippen molar-refractivity contribution in [1.29, 1.82) is 0 Å². The molecule has 0 amide bonds. The van der Waals surface area contributed by atoms with Crippen LogP contribution in [0.15, 0.2) is 5.38 Å². The molecule has 0 radical (unpaired) electrons. The van der Waals surface area contributed by atoms with Crippen molar-refractivity contribution >= 4 is 34.0 Å². The quantitative estimate of drug-likeness (QED) is 0.729. The first-order chi connectivity index (χ1) is 5.68. The maximum absolute atomic E-state index is 9.99. The van der Waals surface area contributed by atoms with Gasteiger partial charge in [-0.1, -0.05) is 11.6 Å². The summed E-state index contributed by atoms with van der Waals surface area (Å²) < 4.78 is 0. The van der Waals surface area contributed by atoms with E-state index in [4.69, 9.17) is 16.7 Å². The highest BCUT2D eigenvalue weighted by Crippen LogP contribution is 2.18. The van der Waals surface area contributed by atoms with Gasteiger partial charge in [-0.2, -0.15) is 0 Å². The molecule has 1 rings (SSSR count). The predicted molar refractivity (Wildman–Crippen MR) is 44.3 cm³/mol. The molecule has 0 atom stereocenters. The zero-order chi connectivity index (χ0) is 8.97. The molecular formula is C5H5ClN2O3S. The highest BCUT2D eigenvalue weighted by Gasteiger charge is 2.00. The Bertz CT molecular complexity index is 277. The summed E-state index contributed by atoms with van der Waals surface area (Å²) in [5.41, 5.74) is 2.34. The minimum absolute atomic E-state index is 0.349. The van der Waals surface area contributed by atoms with Gasteiger partial charge in [0.15, 0.2) is 6.61 Å². The molecule has 1 aromatic heterocycles. The van der Waals surface area contributed by atoms with Crippen LogP contribution in [0.3, 0.4) is 0 Å². The van der Waals surface area contributed by atoms with E-state index in [1.54, 1.807) is 5.38 Å². The Morgan fingerprint density at radius 2 is 2.67 bits per heavy atom. The number of carbonyl (C=O) groups is 1. The number of nitrogens with one attached hydrogen (secondary N) is 1. The molecule has 12 heavy (non-hydrogen) atoms. The second-order valence-corrected chi connectivity index (χ2v) is 3.01. The smallest absolute Gasteiger partial charge is 0.332 e. The second-order valence-electron chi connectivity index (χ2n) is 1.76. The van der Waals surface area contributed by atoms with E-state index in [0.29, 0.717) is 10.3 Å². The molecule has 1 aromatic rings. The van der Waals surface area contributed by atoms with Crippen molar-refractivity contribution in [2.45, 2.75) is 0 Å². The van der Waals surface area contributed by atoms with Crippen LogP contribution in [0.4, 0.5) is 5.13 Å². The molecule has 0 unspecified atom stereocenters. The molecule has 0 bridgehead atoms. The normalized spacial score (nSPS) is 9.75. The summed E-state index contributed by atoms with van der Waals surface area (Å²) in [4.78, 5) is 18.3. The maximum Gasteiger partial charge on any atom is 0.332 e. The number of rotatable bonds is 4. The fraction of sp³-hybridized carbons (Fsp3) is 0.200. The number of carboxylic acids is 1. The van der Waals surface area contributed by atoms with E-state index >= 15 is 0 Å². The molecule has 0 fully saturated rings. The molecule has 66 valence electrons. The van der Waals surface area contributed by atoms with Crippen LogP contribution in [-0.2, 0) is 9.63 Å². The van der Waals surface area contributed by atoms with Crippen LogP contribution >= 0.6 is 22.9 Å². The van der Waals surface area contributed by atoms with Gasteiger partial charge in [0.2, 0.25) is 5.13 Å². The van der Waals surface area contributed by atoms with Crippen molar-refractivity contribution in [2.24, 2.45) is 0 Å². The van der Waals surface area contributed by atoms with Crippen LogP contribution in [0.25, 0.3) is 0 Å². The Kier molecular flexibility index (Phi) is 3.27. The topological polar surface area (TPSA) is 71.5 Å². The van der Waals surface area contributed by atoms with E-state index in [1.807, 2.05) is 0 Å². The van der Waals surface area contributed by atoms with Crippen molar-refractivity contribution < 1.29 is 14.7 Å². The van der Waals surface area contributed by atoms with Crippen molar-refractivity contribution in [3.8, 4) is 0 Å². The third-order valence-corrected chi connectivity index (χ3v) is 1.89. The van der Waals surface area contributed by atoms with Crippen molar-refractivity contribution in [3.63, 3.8) is 0 Å². The zero-order valence-corrected chi connectivity index (χ0v) is 7.35. The Morgan fingerprint density at radius 3 is 3.17 bits per heavy atom. The Morgan fingerprint density at radius 1 is 1.92 bits per heavy atom. The van der Waals surface area contributed by atoms with Gasteiger partial charge in [0.1, 0.15) is 5.15 Å². The minimum atomic E-state index is -1.05. The van der Waals surface area contributed by atoms with Gasteiger partial charge in [0.05, 0.1) is 0 Å². The molecule has 0 aliphatic heterocycles. The zero-order valence-electron chi connectivity index (χ0n) is 5.78. The Labute approximate surface area is 76.9 Å². The number of thiazole rings is 1. The number of hydrogen-bond donors (Lipinski definition) is 2. The summed E-state index contributed by atoms with van der Waals surface area (Å²) in [7, 11) is 0. The van der Waals surface area contributed by atoms with E-state index in [0.717, 1.165) is 0 Å². The summed E-state index contributed by atoms with van der Waals surface area (Å²) >= 11 is 6.72. The molecule has 7 heteroatoms. The first-order valence-electron chi connectivity index (χ1n) is 2.89. The minimum Gasteiger partial charge on any atom is -0.479 e. The molecule has 0 aliphatic rings. The molecule has 0 spiro atoms. The highest BCUT2D eigenvalue weighted by atomic mass is 35.5. The number of nitrogens with zero attached hydrogens (tertiary/aromatic N) is 1. The number of halogens is 1. The molecule has 0 aromatic carbocycles. The van der Waals surface area contributed by atoms with Crippen molar-refractivity contribution in [2.75, 3.05) is 12.1 Å². The van der Waals surface area contributed by atoms with Crippen LogP contribution in [-0.4, -0.2) is 22.7 Å². The summed E-state index contributed by atoms with van der Waals surface area (Å²) in [6, 6.07) is 0. The van der Waals surface area contributed by atoms with Crippen molar-refractivity contribution in [3.05, 3.63) is 10.5 Å². The van der Waals surface area contributed by atoms with Gasteiger partial charge in [-0.05, 0) is 0 Å². The average molecular weight is 209 g/mol. The Balaban J connectivity index is 2.29. The largest absolute Gasteiger partial charge is 0.479 e. The lowest BCUT2D eigenvalue weighted by Crippen LogP contribution is -2.10. The second kappa shape index (κ2) is 4.24. The maximum atomic E-state index is 9.99. The predicted octanol–water partition coefficient (Wildman–Crippen LogP) is 1.22. The first kappa shape index (κ1) is 9.24. The monoisotopic (exact) mass is 208 g/mol. The van der Waals surface area contributed by atoms with Gasteiger partial charge in [-0.15, -0.1) is 11.3 Å². The van der Waals surface area contributed by atoms with Crippen LogP contribution in [0.2, 0.25) is 5.15 Å². The van der Waals surface area contributed by atoms with E-state index < -0.39 is 12.6 Å².